The number of fused-ring (bicyclic) bond motifs is 1. The molecule has 1 amide bonds. The van der Waals surface area contributed by atoms with Gasteiger partial charge in [-0.2, -0.15) is 0 Å². The number of carbonyl (C=O) groups is 1. The van der Waals surface area contributed by atoms with Gasteiger partial charge in [0.25, 0.3) is 5.69 Å². The standard InChI is InChI=1S/C17H16N4O4/c1-11-4-3-7-20-10-12(18-17(11)20)8-16(22)19-14-9-13(21(23)24)5-6-15(14)25-2/h3-7,9-10H,8H2,1-2H3,(H,19,22). The molecular formula is C17H16N4O4. The molecule has 0 atom stereocenters. The molecule has 2 heterocycles. The number of hydrogen-bond donors (Lipinski definition) is 1. The van der Waals surface area contributed by atoms with Gasteiger partial charge < -0.3 is 14.5 Å². The number of hydrogen-bond acceptors (Lipinski definition) is 5. The van der Waals surface area contributed by atoms with Crippen LogP contribution in [0.3, 0.4) is 0 Å². The van der Waals surface area contributed by atoms with E-state index in [9.17, 15) is 14.9 Å². The molecule has 3 rings (SSSR count). The van der Waals surface area contributed by atoms with Gasteiger partial charge in [-0.25, -0.2) is 4.98 Å². The average Bonchev–Trinajstić information content (AvgIpc) is 2.98. The van der Waals surface area contributed by atoms with E-state index in [1.807, 2.05) is 29.7 Å². The Kier molecular flexibility index (Phi) is 4.34. The van der Waals surface area contributed by atoms with E-state index in [1.54, 1.807) is 6.20 Å². The number of aromatic nitrogens is 2. The normalized spacial score (nSPS) is 10.6. The van der Waals surface area contributed by atoms with Crippen LogP contribution in [0.25, 0.3) is 5.65 Å². The highest BCUT2D eigenvalue weighted by Crippen LogP contribution is 2.29. The number of anilines is 1. The van der Waals surface area contributed by atoms with E-state index >= 15 is 0 Å². The number of methoxy groups -OCH3 is 1. The number of pyridine rings is 1. The largest absolute Gasteiger partial charge is 0.495 e. The van der Waals surface area contributed by atoms with E-state index in [-0.39, 0.29) is 23.7 Å². The lowest BCUT2D eigenvalue weighted by atomic mass is 10.2. The number of nitro groups is 1. The third-order valence-corrected chi connectivity index (χ3v) is 3.74. The Morgan fingerprint density at radius 3 is 2.88 bits per heavy atom. The van der Waals surface area contributed by atoms with Crippen molar-refractivity contribution < 1.29 is 14.5 Å². The monoisotopic (exact) mass is 340 g/mol. The van der Waals surface area contributed by atoms with E-state index in [1.165, 1.54) is 25.3 Å². The highest BCUT2D eigenvalue weighted by atomic mass is 16.6. The number of rotatable bonds is 5. The van der Waals surface area contributed by atoms with Gasteiger partial charge in [0.2, 0.25) is 5.91 Å². The third-order valence-electron chi connectivity index (χ3n) is 3.74. The molecule has 0 radical (unpaired) electrons. The minimum Gasteiger partial charge on any atom is -0.495 e. The zero-order valence-electron chi connectivity index (χ0n) is 13.7. The van der Waals surface area contributed by atoms with Crippen molar-refractivity contribution >= 4 is 22.9 Å². The van der Waals surface area contributed by atoms with Gasteiger partial charge >= 0.3 is 0 Å². The number of amides is 1. The van der Waals surface area contributed by atoms with E-state index in [2.05, 4.69) is 10.3 Å². The molecule has 0 aliphatic rings. The number of benzene rings is 1. The van der Waals surface area contributed by atoms with Crippen LogP contribution >= 0.6 is 0 Å². The number of ether oxygens (including phenoxy) is 1. The van der Waals surface area contributed by atoms with Crippen molar-refractivity contribution in [2.75, 3.05) is 12.4 Å². The topological polar surface area (TPSA) is 98.8 Å². The van der Waals surface area contributed by atoms with Crippen LogP contribution in [-0.4, -0.2) is 27.3 Å². The Balaban J connectivity index is 1.81. The van der Waals surface area contributed by atoms with Gasteiger partial charge in [0, 0.05) is 24.5 Å². The third kappa shape index (κ3) is 3.42. The van der Waals surface area contributed by atoms with Gasteiger partial charge in [0.1, 0.15) is 11.4 Å². The Morgan fingerprint density at radius 2 is 2.20 bits per heavy atom. The zero-order chi connectivity index (χ0) is 18.0. The van der Waals surface area contributed by atoms with Crippen LogP contribution < -0.4 is 10.1 Å². The van der Waals surface area contributed by atoms with Gasteiger partial charge in [-0.15, -0.1) is 0 Å². The summed E-state index contributed by atoms with van der Waals surface area (Å²) in [5.41, 5.74) is 2.53. The van der Waals surface area contributed by atoms with Crippen LogP contribution in [0.5, 0.6) is 5.75 Å². The Bertz CT molecular complexity index is 964. The predicted octanol–water partition coefficient (Wildman–Crippen LogP) is 2.74. The molecule has 0 bridgehead atoms. The van der Waals surface area contributed by atoms with Crippen molar-refractivity contribution in [1.29, 1.82) is 0 Å². The highest BCUT2D eigenvalue weighted by Gasteiger charge is 2.15. The zero-order valence-corrected chi connectivity index (χ0v) is 13.7. The van der Waals surface area contributed by atoms with Crippen molar-refractivity contribution in [1.82, 2.24) is 9.38 Å². The van der Waals surface area contributed by atoms with Crippen molar-refractivity contribution in [2.24, 2.45) is 0 Å². The SMILES string of the molecule is COc1ccc([N+](=O)[O-])cc1NC(=O)Cc1cn2cccc(C)c2n1. The van der Waals surface area contributed by atoms with Crippen LogP contribution in [0.15, 0.2) is 42.7 Å². The second kappa shape index (κ2) is 6.60. The Hall–Kier alpha value is -3.42. The first-order valence-electron chi connectivity index (χ1n) is 7.53. The number of nitrogens with zero attached hydrogens (tertiary/aromatic N) is 3. The first-order valence-corrected chi connectivity index (χ1v) is 7.53. The summed E-state index contributed by atoms with van der Waals surface area (Å²) in [7, 11) is 1.43. The van der Waals surface area contributed by atoms with Gasteiger partial charge in [0.15, 0.2) is 0 Å². The summed E-state index contributed by atoms with van der Waals surface area (Å²) < 4.78 is 6.99. The number of nitro benzene ring substituents is 1. The van der Waals surface area contributed by atoms with E-state index in [0.29, 0.717) is 11.4 Å². The van der Waals surface area contributed by atoms with Crippen molar-refractivity contribution in [3.63, 3.8) is 0 Å². The molecule has 128 valence electrons. The Morgan fingerprint density at radius 1 is 1.40 bits per heavy atom. The first kappa shape index (κ1) is 16.4. The molecule has 1 aromatic carbocycles. The van der Waals surface area contributed by atoms with E-state index in [4.69, 9.17) is 4.74 Å². The summed E-state index contributed by atoms with van der Waals surface area (Å²) >= 11 is 0. The maximum absolute atomic E-state index is 12.3. The summed E-state index contributed by atoms with van der Waals surface area (Å²) in [5, 5.41) is 13.5. The Labute approximate surface area is 143 Å². The molecule has 25 heavy (non-hydrogen) atoms. The van der Waals surface area contributed by atoms with Gasteiger partial charge in [-0.05, 0) is 24.6 Å². The molecule has 2 aromatic heterocycles. The fourth-order valence-electron chi connectivity index (χ4n) is 2.56. The van der Waals surface area contributed by atoms with Gasteiger partial charge in [0.05, 0.1) is 29.8 Å². The van der Waals surface area contributed by atoms with Crippen molar-refractivity contribution in [3.8, 4) is 5.75 Å². The molecule has 0 aliphatic heterocycles. The minimum absolute atomic E-state index is 0.0486. The van der Waals surface area contributed by atoms with Gasteiger partial charge in [-0.1, -0.05) is 6.07 Å². The second-order valence-corrected chi connectivity index (χ2v) is 5.52. The van der Waals surface area contributed by atoms with Crippen LogP contribution in [0.2, 0.25) is 0 Å². The molecule has 8 nitrogen and oxygen atoms in total. The lowest BCUT2D eigenvalue weighted by Crippen LogP contribution is -2.15. The highest BCUT2D eigenvalue weighted by molar-refractivity contribution is 5.94. The lowest BCUT2D eigenvalue weighted by molar-refractivity contribution is -0.384. The molecule has 0 unspecified atom stereocenters. The molecule has 3 aromatic rings. The fourth-order valence-corrected chi connectivity index (χ4v) is 2.56. The fraction of sp³-hybridized carbons (Fsp3) is 0.176. The summed E-state index contributed by atoms with van der Waals surface area (Å²) in [6, 6.07) is 7.88. The van der Waals surface area contributed by atoms with Crippen molar-refractivity contribution in [3.05, 3.63) is 64.1 Å². The molecule has 0 saturated heterocycles. The second-order valence-electron chi connectivity index (χ2n) is 5.52. The number of imidazole rings is 1. The van der Waals surface area contributed by atoms with Gasteiger partial charge in [-0.3, -0.25) is 14.9 Å². The minimum atomic E-state index is -0.528. The van der Waals surface area contributed by atoms with E-state index in [0.717, 1.165) is 11.2 Å². The average molecular weight is 340 g/mol. The summed E-state index contributed by atoms with van der Waals surface area (Å²) in [4.78, 5) is 27.1. The number of non-ortho nitro benzene ring substituents is 1. The number of carbonyl (C=O) groups excluding carboxylic acids is 1. The van der Waals surface area contributed by atoms with Crippen LogP contribution in [0, 0.1) is 17.0 Å². The summed E-state index contributed by atoms with van der Waals surface area (Å²) in [6.45, 7) is 1.94. The first-order chi connectivity index (χ1) is 12.0. The molecule has 8 heteroatoms. The summed E-state index contributed by atoms with van der Waals surface area (Å²) in [5.74, 6) is 0.0182. The van der Waals surface area contributed by atoms with Crippen LogP contribution in [0.1, 0.15) is 11.3 Å². The molecule has 1 N–H and O–H groups in total. The lowest BCUT2D eigenvalue weighted by Gasteiger charge is -2.09. The van der Waals surface area contributed by atoms with Crippen molar-refractivity contribution in [2.45, 2.75) is 13.3 Å². The van der Waals surface area contributed by atoms with Crippen LogP contribution in [-0.2, 0) is 11.2 Å². The maximum atomic E-state index is 12.3. The maximum Gasteiger partial charge on any atom is 0.271 e. The summed E-state index contributed by atoms with van der Waals surface area (Å²) in [6.07, 6.45) is 3.69. The number of nitrogens with one attached hydrogen (secondary N) is 1. The van der Waals surface area contributed by atoms with E-state index < -0.39 is 4.92 Å². The molecule has 0 saturated carbocycles. The molecule has 0 spiro atoms. The molecular weight excluding hydrogens is 324 g/mol. The number of aryl methyl sites for hydroxylation is 1. The molecule has 0 fully saturated rings. The smallest absolute Gasteiger partial charge is 0.271 e. The predicted molar refractivity (Wildman–Crippen MR) is 91.9 cm³/mol. The molecule has 0 aliphatic carbocycles. The van der Waals surface area contributed by atoms with Crippen LogP contribution in [0.4, 0.5) is 11.4 Å². The quantitative estimate of drug-likeness (QED) is 0.569.